The number of rotatable bonds is 5. The van der Waals surface area contributed by atoms with Crippen LogP contribution in [-0.2, 0) is 6.61 Å². The minimum atomic E-state index is 0.493. The van der Waals surface area contributed by atoms with Crippen LogP contribution in [0.25, 0.3) is 0 Å². The highest BCUT2D eigenvalue weighted by atomic mass is 79.9. The van der Waals surface area contributed by atoms with Gasteiger partial charge in [-0.3, -0.25) is 4.99 Å². The molecule has 0 spiro atoms. The molecule has 0 bridgehead atoms. The number of nitrogens with zero attached hydrogens (tertiary/aromatic N) is 1. The fourth-order valence-electron chi connectivity index (χ4n) is 2.24. The Kier molecular flexibility index (Phi) is 5.90. The Bertz CT molecular complexity index is 873. The average molecular weight is 415 g/mol. The highest BCUT2D eigenvalue weighted by Crippen LogP contribution is 2.27. The van der Waals surface area contributed by atoms with Crippen molar-refractivity contribution in [3.05, 3.63) is 92.9 Å². The van der Waals surface area contributed by atoms with Gasteiger partial charge in [0.15, 0.2) is 0 Å². The summed E-state index contributed by atoms with van der Waals surface area (Å²) < 4.78 is 6.76. The van der Waals surface area contributed by atoms with Crippen molar-refractivity contribution in [3.8, 4) is 5.75 Å². The molecule has 0 heterocycles. The Morgan fingerprint density at radius 2 is 1.72 bits per heavy atom. The van der Waals surface area contributed by atoms with Crippen molar-refractivity contribution in [3.63, 3.8) is 0 Å². The van der Waals surface area contributed by atoms with Crippen molar-refractivity contribution in [2.45, 2.75) is 13.5 Å². The normalized spacial score (nSPS) is 11.0. The highest BCUT2D eigenvalue weighted by Gasteiger charge is 2.03. The third-order valence-electron chi connectivity index (χ3n) is 3.66. The Balaban J connectivity index is 1.65. The van der Waals surface area contributed by atoms with E-state index in [1.165, 1.54) is 5.56 Å². The van der Waals surface area contributed by atoms with Crippen LogP contribution in [0.15, 0.2) is 76.2 Å². The topological polar surface area (TPSA) is 21.6 Å². The molecule has 0 amide bonds. The van der Waals surface area contributed by atoms with E-state index in [-0.39, 0.29) is 0 Å². The monoisotopic (exact) mass is 413 g/mol. The Hall–Kier alpha value is -2.10. The minimum absolute atomic E-state index is 0.493. The molecule has 126 valence electrons. The quantitative estimate of drug-likeness (QED) is 0.424. The van der Waals surface area contributed by atoms with E-state index in [1.54, 1.807) is 0 Å². The largest absolute Gasteiger partial charge is 0.488 e. The molecule has 0 saturated carbocycles. The molecule has 3 aromatic carbocycles. The summed E-state index contributed by atoms with van der Waals surface area (Å²) in [5.74, 6) is 0.794. The maximum atomic E-state index is 5.89. The number of halogens is 2. The van der Waals surface area contributed by atoms with E-state index >= 15 is 0 Å². The van der Waals surface area contributed by atoms with Crippen molar-refractivity contribution >= 4 is 39.4 Å². The molecule has 0 fully saturated rings. The molecule has 3 rings (SSSR count). The maximum absolute atomic E-state index is 5.89. The molecule has 0 unspecified atom stereocenters. The van der Waals surface area contributed by atoms with Crippen LogP contribution in [0, 0.1) is 6.92 Å². The summed E-state index contributed by atoms with van der Waals surface area (Å²) in [5, 5.41) is 0.724. The lowest BCUT2D eigenvalue weighted by Gasteiger charge is -2.09. The predicted octanol–water partition coefficient (Wildman–Crippen LogP) is 6.74. The molecule has 2 nitrogen and oxygen atoms in total. The van der Waals surface area contributed by atoms with Crippen LogP contribution >= 0.6 is 27.5 Å². The molecule has 0 aromatic heterocycles. The van der Waals surface area contributed by atoms with Gasteiger partial charge in [-0.2, -0.15) is 0 Å². The Labute approximate surface area is 161 Å². The standard InChI is InChI=1S/C21H17BrClNO/c1-15-2-9-19(10-3-15)24-13-17-6-11-21(20(22)12-17)25-14-16-4-7-18(23)8-5-16/h2-13H,14H2,1H3. The summed E-state index contributed by atoms with van der Waals surface area (Å²) in [5.41, 5.74) is 4.24. The molecular weight excluding hydrogens is 398 g/mol. The summed E-state index contributed by atoms with van der Waals surface area (Å²) in [6, 6.07) is 21.7. The molecule has 0 saturated heterocycles. The van der Waals surface area contributed by atoms with Crippen molar-refractivity contribution < 1.29 is 4.74 Å². The third kappa shape index (κ3) is 5.18. The van der Waals surface area contributed by atoms with Gasteiger partial charge in [0.25, 0.3) is 0 Å². The summed E-state index contributed by atoms with van der Waals surface area (Å²) in [6.45, 7) is 2.56. The van der Waals surface area contributed by atoms with Gasteiger partial charge in [0.05, 0.1) is 10.2 Å². The van der Waals surface area contributed by atoms with E-state index in [1.807, 2.05) is 60.8 Å². The van der Waals surface area contributed by atoms with Crippen LogP contribution in [0.1, 0.15) is 16.7 Å². The first-order valence-corrected chi connectivity index (χ1v) is 9.05. The zero-order valence-electron chi connectivity index (χ0n) is 13.7. The Morgan fingerprint density at radius 3 is 2.40 bits per heavy atom. The van der Waals surface area contributed by atoms with Gasteiger partial charge in [0, 0.05) is 11.2 Å². The smallest absolute Gasteiger partial charge is 0.134 e. The van der Waals surface area contributed by atoms with Crippen LogP contribution in [0.3, 0.4) is 0 Å². The number of aliphatic imine (C=N–C) groups is 1. The summed E-state index contributed by atoms with van der Waals surface area (Å²) in [4.78, 5) is 4.49. The fourth-order valence-corrected chi connectivity index (χ4v) is 2.87. The lowest BCUT2D eigenvalue weighted by atomic mass is 10.2. The molecule has 0 N–H and O–H groups in total. The predicted molar refractivity (Wildman–Crippen MR) is 108 cm³/mol. The van der Waals surface area contributed by atoms with Gasteiger partial charge in [-0.05, 0) is 76.4 Å². The van der Waals surface area contributed by atoms with Crippen molar-refractivity contribution in [1.29, 1.82) is 0 Å². The van der Waals surface area contributed by atoms with E-state index in [2.05, 4.69) is 40.0 Å². The second kappa shape index (κ2) is 8.32. The van der Waals surface area contributed by atoms with Crippen LogP contribution in [-0.4, -0.2) is 6.21 Å². The van der Waals surface area contributed by atoms with Crippen LogP contribution in [0.2, 0.25) is 5.02 Å². The molecule has 0 aliphatic carbocycles. The van der Waals surface area contributed by atoms with Crippen molar-refractivity contribution in [2.24, 2.45) is 4.99 Å². The molecule has 0 aliphatic heterocycles. The van der Waals surface area contributed by atoms with Crippen molar-refractivity contribution in [2.75, 3.05) is 0 Å². The number of ether oxygens (including phenoxy) is 1. The highest BCUT2D eigenvalue weighted by molar-refractivity contribution is 9.10. The molecule has 25 heavy (non-hydrogen) atoms. The fraction of sp³-hybridized carbons (Fsp3) is 0.0952. The zero-order chi connectivity index (χ0) is 17.6. The van der Waals surface area contributed by atoms with Crippen LogP contribution < -0.4 is 4.74 Å². The zero-order valence-corrected chi connectivity index (χ0v) is 16.1. The molecular formula is C21H17BrClNO. The van der Waals surface area contributed by atoms with Gasteiger partial charge < -0.3 is 4.74 Å². The molecule has 0 aliphatic rings. The van der Waals surface area contributed by atoms with Crippen molar-refractivity contribution in [1.82, 2.24) is 0 Å². The lowest BCUT2D eigenvalue weighted by Crippen LogP contribution is -1.96. The summed E-state index contributed by atoms with van der Waals surface area (Å²) >= 11 is 9.45. The first-order valence-electron chi connectivity index (χ1n) is 7.88. The van der Waals surface area contributed by atoms with Gasteiger partial charge in [-0.25, -0.2) is 0 Å². The number of aryl methyl sites for hydroxylation is 1. The van der Waals surface area contributed by atoms with E-state index < -0.39 is 0 Å². The van der Waals surface area contributed by atoms with Crippen LogP contribution in [0.4, 0.5) is 5.69 Å². The van der Waals surface area contributed by atoms with Gasteiger partial charge in [0.1, 0.15) is 12.4 Å². The van der Waals surface area contributed by atoms with Gasteiger partial charge in [0.2, 0.25) is 0 Å². The van der Waals surface area contributed by atoms with Gasteiger partial charge in [-0.1, -0.05) is 41.4 Å². The average Bonchev–Trinajstić information content (AvgIpc) is 2.62. The second-order valence-corrected chi connectivity index (χ2v) is 6.99. The van der Waals surface area contributed by atoms with E-state index in [0.29, 0.717) is 6.61 Å². The van der Waals surface area contributed by atoms with Gasteiger partial charge in [-0.15, -0.1) is 0 Å². The molecule has 3 aromatic rings. The summed E-state index contributed by atoms with van der Waals surface area (Å²) in [7, 11) is 0. The minimum Gasteiger partial charge on any atom is -0.488 e. The van der Waals surface area contributed by atoms with E-state index in [0.717, 1.165) is 32.1 Å². The lowest BCUT2D eigenvalue weighted by molar-refractivity contribution is 0.304. The number of hydrogen-bond donors (Lipinski definition) is 0. The molecule has 0 radical (unpaired) electrons. The maximum Gasteiger partial charge on any atom is 0.134 e. The molecule has 4 heteroatoms. The van der Waals surface area contributed by atoms with Crippen LogP contribution in [0.5, 0.6) is 5.75 Å². The van der Waals surface area contributed by atoms with E-state index in [4.69, 9.17) is 16.3 Å². The first kappa shape index (κ1) is 17.7. The van der Waals surface area contributed by atoms with Gasteiger partial charge >= 0.3 is 0 Å². The number of benzene rings is 3. The Morgan fingerprint density at radius 1 is 1.00 bits per heavy atom. The molecule has 0 atom stereocenters. The SMILES string of the molecule is Cc1ccc(N=Cc2ccc(OCc3ccc(Cl)cc3)c(Br)c2)cc1. The number of hydrogen-bond acceptors (Lipinski definition) is 2. The second-order valence-electron chi connectivity index (χ2n) is 5.70. The summed E-state index contributed by atoms with van der Waals surface area (Å²) in [6.07, 6.45) is 1.85. The third-order valence-corrected chi connectivity index (χ3v) is 4.53. The van der Waals surface area contributed by atoms with E-state index in [9.17, 15) is 0 Å². The first-order chi connectivity index (χ1) is 12.1.